The number of carbonyl (C=O) groups is 1. The van der Waals surface area contributed by atoms with Crippen molar-refractivity contribution in [2.24, 2.45) is 0 Å². The smallest absolute Gasteiger partial charge is 0.341 e. The van der Waals surface area contributed by atoms with Gasteiger partial charge in [0.1, 0.15) is 0 Å². The van der Waals surface area contributed by atoms with E-state index in [1.807, 2.05) is 30.3 Å². The summed E-state index contributed by atoms with van der Waals surface area (Å²) in [5, 5.41) is 12.1. The van der Waals surface area contributed by atoms with Crippen LogP contribution < -0.4 is 4.74 Å². The van der Waals surface area contributed by atoms with Crippen molar-refractivity contribution in [3.63, 3.8) is 0 Å². The summed E-state index contributed by atoms with van der Waals surface area (Å²) in [4.78, 5) is 12.0. The Morgan fingerprint density at radius 2 is 1.89 bits per heavy atom. The predicted octanol–water partition coefficient (Wildman–Crippen LogP) is 3.82. The van der Waals surface area contributed by atoms with Crippen molar-refractivity contribution in [3.8, 4) is 11.7 Å². The number of carbonyl (C=O) groups excluding carboxylic acids is 1. The zero-order chi connectivity index (χ0) is 19.4. The molecule has 1 unspecified atom stereocenters. The molecule has 0 saturated carbocycles. The van der Waals surface area contributed by atoms with Gasteiger partial charge in [0.15, 0.2) is 6.10 Å². The van der Waals surface area contributed by atoms with E-state index in [0.29, 0.717) is 21.3 Å². The average Bonchev–Trinajstić information content (AvgIpc) is 3.16. The first-order chi connectivity index (χ1) is 13.0. The zero-order valence-electron chi connectivity index (χ0n) is 14.2. The topological polar surface area (TPSA) is 79.1 Å². The van der Waals surface area contributed by atoms with Crippen molar-refractivity contribution in [2.75, 3.05) is 7.11 Å². The zero-order valence-corrected chi connectivity index (χ0v) is 15.7. The summed E-state index contributed by atoms with van der Waals surface area (Å²) in [6.07, 6.45) is -0.930. The first-order valence-electron chi connectivity index (χ1n) is 7.73. The largest absolute Gasteiger partial charge is 0.466 e. The molecule has 0 amide bonds. The molecule has 1 aromatic heterocycles. The van der Waals surface area contributed by atoms with Crippen molar-refractivity contribution in [3.05, 3.63) is 76.3 Å². The molecule has 27 heavy (non-hydrogen) atoms. The Hall–Kier alpha value is -2.90. The van der Waals surface area contributed by atoms with Gasteiger partial charge >= 0.3 is 12.0 Å². The molecule has 3 rings (SSSR count). The molecule has 0 radical (unpaired) electrons. The number of hydrogen-bond donors (Lipinski definition) is 0. The lowest BCUT2D eigenvalue weighted by Crippen LogP contribution is -2.19. The van der Waals surface area contributed by atoms with Crippen LogP contribution in [0.1, 0.15) is 11.7 Å². The molecule has 0 saturated heterocycles. The Balaban J connectivity index is 2.00. The third-order valence-electron chi connectivity index (χ3n) is 3.68. The Labute approximate surface area is 165 Å². The van der Waals surface area contributed by atoms with Crippen LogP contribution in [-0.2, 0) is 9.53 Å². The van der Waals surface area contributed by atoms with Crippen molar-refractivity contribution < 1.29 is 14.3 Å². The van der Waals surface area contributed by atoms with Crippen molar-refractivity contribution in [1.29, 1.82) is 0 Å². The number of halogens is 2. The van der Waals surface area contributed by atoms with Crippen LogP contribution in [0.4, 0.5) is 0 Å². The van der Waals surface area contributed by atoms with Crippen molar-refractivity contribution in [1.82, 2.24) is 20.2 Å². The quantitative estimate of drug-likeness (QED) is 0.458. The summed E-state index contributed by atoms with van der Waals surface area (Å²) in [6.45, 7) is 3.78. The van der Waals surface area contributed by atoms with E-state index in [2.05, 4.69) is 22.1 Å². The fourth-order valence-corrected chi connectivity index (χ4v) is 2.65. The molecule has 0 bridgehead atoms. The Morgan fingerprint density at radius 1 is 1.15 bits per heavy atom. The molecular formula is C18H14Cl2N4O3. The van der Waals surface area contributed by atoms with Crippen LogP contribution >= 0.6 is 23.2 Å². The van der Waals surface area contributed by atoms with Crippen LogP contribution in [0.3, 0.4) is 0 Å². The van der Waals surface area contributed by atoms with Gasteiger partial charge in [-0.15, -0.1) is 0 Å². The summed E-state index contributed by atoms with van der Waals surface area (Å²) in [6, 6.07) is 14.1. The molecular weight excluding hydrogens is 391 g/mol. The van der Waals surface area contributed by atoms with Gasteiger partial charge in [-0.1, -0.05) is 59.1 Å². The third kappa shape index (κ3) is 4.10. The summed E-state index contributed by atoms with van der Waals surface area (Å²) < 4.78 is 12.1. The summed E-state index contributed by atoms with van der Waals surface area (Å²) in [5.41, 5.74) is 1.29. The van der Waals surface area contributed by atoms with E-state index in [0.717, 1.165) is 0 Å². The Morgan fingerprint density at radius 3 is 2.56 bits per heavy atom. The highest BCUT2D eigenvalue weighted by Gasteiger charge is 2.27. The van der Waals surface area contributed by atoms with Crippen LogP contribution in [0.15, 0.2) is 60.7 Å². The van der Waals surface area contributed by atoms with Crippen LogP contribution in [-0.4, -0.2) is 33.3 Å². The molecule has 138 valence electrons. The number of nitrogens with zero attached hydrogens (tertiary/aromatic N) is 4. The normalized spacial score (nSPS) is 11.7. The highest BCUT2D eigenvalue weighted by Crippen LogP contribution is 2.32. The minimum atomic E-state index is -0.930. The van der Waals surface area contributed by atoms with E-state index in [1.165, 1.54) is 11.8 Å². The van der Waals surface area contributed by atoms with Crippen LogP contribution in [0.5, 0.6) is 6.01 Å². The van der Waals surface area contributed by atoms with Gasteiger partial charge in [-0.25, -0.2) is 4.79 Å². The molecule has 0 aliphatic heterocycles. The van der Waals surface area contributed by atoms with Crippen LogP contribution in [0, 0.1) is 0 Å². The highest BCUT2D eigenvalue weighted by molar-refractivity contribution is 6.42. The van der Waals surface area contributed by atoms with Gasteiger partial charge in [0.2, 0.25) is 0 Å². The molecule has 0 N–H and O–H groups in total. The van der Waals surface area contributed by atoms with E-state index >= 15 is 0 Å². The maximum Gasteiger partial charge on any atom is 0.341 e. The minimum Gasteiger partial charge on any atom is -0.466 e. The monoisotopic (exact) mass is 404 g/mol. The van der Waals surface area contributed by atoms with Gasteiger partial charge in [-0.2, -0.15) is 4.68 Å². The average molecular weight is 405 g/mol. The fraction of sp³-hybridized carbons (Fsp3) is 0.111. The van der Waals surface area contributed by atoms with Gasteiger partial charge in [0.25, 0.3) is 0 Å². The van der Waals surface area contributed by atoms with E-state index in [-0.39, 0.29) is 11.6 Å². The minimum absolute atomic E-state index is 0.0542. The van der Waals surface area contributed by atoms with Gasteiger partial charge in [-0.3, -0.25) is 0 Å². The molecule has 7 nitrogen and oxygen atoms in total. The van der Waals surface area contributed by atoms with Gasteiger partial charge < -0.3 is 9.47 Å². The Bertz CT molecular complexity index is 976. The SMILES string of the molecule is C=C(C(=O)OC)C(Oc1nnnn1-c1ccccc1)c1ccc(Cl)c(Cl)c1. The molecule has 1 atom stereocenters. The standard InChI is InChI=1S/C18H14Cl2N4O3/c1-11(17(25)26-2)16(12-8-9-14(19)15(20)10-12)27-18-21-22-23-24(18)13-6-4-3-5-7-13/h3-10,16H,1H2,2H3. The number of para-hydroxylation sites is 1. The second kappa shape index (κ2) is 8.20. The number of hydrogen-bond acceptors (Lipinski definition) is 6. The van der Waals surface area contributed by atoms with E-state index in [1.54, 1.807) is 18.2 Å². The first kappa shape index (κ1) is 18.9. The summed E-state index contributed by atoms with van der Waals surface area (Å²) in [5.74, 6) is -0.634. The molecule has 0 fully saturated rings. The predicted molar refractivity (Wildman–Crippen MR) is 100 cm³/mol. The number of tetrazole rings is 1. The number of benzene rings is 2. The van der Waals surface area contributed by atoms with Gasteiger partial charge in [0.05, 0.1) is 28.4 Å². The van der Waals surface area contributed by atoms with E-state index in [9.17, 15) is 4.79 Å². The maximum atomic E-state index is 12.0. The number of ether oxygens (including phenoxy) is 2. The van der Waals surface area contributed by atoms with Gasteiger partial charge in [-0.05, 0) is 40.3 Å². The third-order valence-corrected chi connectivity index (χ3v) is 4.41. The lowest BCUT2D eigenvalue weighted by Gasteiger charge is -2.20. The number of aromatic nitrogens is 4. The molecule has 0 spiro atoms. The van der Waals surface area contributed by atoms with Crippen molar-refractivity contribution >= 4 is 29.2 Å². The second-order valence-corrected chi connectivity index (χ2v) is 6.21. The number of rotatable bonds is 6. The number of esters is 1. The Kier molecular flexibility index (Phi) is 5.73. The molecule has 0 aliphatic rings. The maximum absolute atomic E-state index is 12.0. The summed E-state index contributed by atoms with van der Waals surface area (Å²) in [7, 11) is 1.26. The molecule has 3 aromatic rings. The molecule has 1 heterocycles. The molecule has 2 aromatic carbocycles. The van der Waals surface area contributed by atoms with Crippen LogP contribution in [0.25, 0.3) is 5.69 Å². The highest BCUT2D eigenvalue weighted by atomic mass is 35.5. The lowest BCUT2D eigenvalue weighted by molar-refractivity contribution is -0.137. The summed E-state index contributed by atoms with van der Waals surface area (Å²) >= 11 is 12.1. The number of methoxy groups -OCH3 is 1. The van der Waals surface area contributed by atoms with Crippen LogP contribution in [0.2, 0.25) is 10.0 Å². The molecule has 9 heteroatoms. The fourth-order valence-electron chi connectivity index (χ4n) is 2.34. The van der Waals surface area contributed by atoms with Gasteiger partial charge in [0, 0.05) is 0 Å². The van der Waals surface area contributed by atoms with Crippen molar-refractivity contribution in [2.45, 2.75) is 6.10 Å². The lowest BCUT2D eigenvalue weighted by atomic mass is 10.0. The molecule has 0 aliphatic carbocycles. The second-order valence-electron chi connectivity index (χ2n) is 5.40. The first-order valence-corrected chi connectivity index (χ1v) is 8.49. The van der Waals surface area contributed by atoms with E-state index in [4.69, 9.17) is 32.7 Å². The van der Waals surface area contributed by atoms with E-state index < -0.39 is 12.1 Å².